The van der Waals surface area contributed by atoms with Crippen LogP contribution in [0.2, 0.25) is 15.1 Å². The van der Waals surface area contributed by atoms with E-state index >= 15 is 0 Å². The minimum atomic E-state index is -0.844. The van der Waals surface area contributed by atoms with E-state index in [-0.39, 0.29) is 43.6 Å². The van der Waals surface area contributed by atoms with Gasteiger partial charge in [0, 0.05) is 34.6 Å². The summed E-state index contributed by atoms with van der Waals surface area (Å²) in [5.41, 5.74) is 3.06. The molecule has 4 rings (SSSR count). The lowest BCUT2D eigenvalue weighted by molar-refractivity contribution is -0.140. The number of carbonyl (C=O) groups is 2. The maximum Gasteiger partial charge on any atom is 0.243 e. The van der Waals surface area contributed by atoms with Gasteiger partial charge in [-0.05, 0) is 58.7 Å². The van der Waals surface area contributed by atoms with Crippen molar-refractivity contribution >= 4 is 46.6 Å². The molecule has 4 aromatic rings. The number of halogens is 4. The van der Waals surface area contributed by atoms with Crippen molar-refractivity contribution in [2.75, 3.05) is 0 Å². The molecule has 1 N–H and O–H groups in total. The van der Waals surface area contributed by atoms with E-state index in [9.17, 15) is 14.0 Å². The Balaban J connectivity index is 1.65. The van der Waals surface area contributed by atoms with E-state index in [1.165, 1.54) is 12.1 Å². The van der Waals surface area contributed by atoms with Gasteiger partial charge in [-0.1, -0.05) is 95.5 Å². The van der Waals surface area contributed by atoms with E-state index in [0.717, 1.165) is 11.1 Å². The first kappa shape index (κ1) is 28.6. The Labute approximate surface area is 242 Å². The molecule has 2 amide bonds. The number of nitrogens with one attached hydrogen (secondary N) is 1. The Kier molecular flexibility index (Phi) is 9.99. The standard InChI is InChI=1S/C31H26Cl3FN2O2/c32-25-11-6-22(7-12-25)17-30(38)37(20-23-8-14-27(35)15-9-23)29(16-21-4-2-1-3-5-21)31(39)36-19-24-10-13-26(33)18-28(24)34/h1-15,18,29H,16-17,19-20H2,(H,36,39)/t29-/m0/s1. The van der Waals surface area contributed by atoms with Crippen molar-refractivity contribution in [1.82, 2.24) is 10.2 Å². The number of benzene rings is 4. The van der Waals surface area contributed by atoms with E-state index in [0.29, 0.717) is 26.2 Å². The average molecular weight is 584 g/mol. The topological polar surface area (TPSA) is 49.4 Å². The van der Waals surface area contributed by atoms with Crippen LogP contribution in [0.25, 0.3) is 0 Å². The van der Waals surface area contributed by atoms with Crippen LogP contribution in [-0.4, -0.2) is 22.8 Å². The van der Waals surface area contributed by atoms with E-state index in [2.05, 4.69) is 5.32 Å². The fourth-order valence-corrected chi connectivity index (χ4v) is 4.79. The second kappa shape index (κ2) is 13.6. The molecule has 0 heterocycles. The third-order valence-electron chi connectivity index (χ3n) is 6.27. The summed E-state index contributed by atoms with van der Waals surface area (Å²) in [7, 11) is 0. The van der Waals surface area contributed by atoms with Gasteiger partial charge < -0.3 is 10.2 Å². The first-order valence-electron chi connectivity index (χ1n) is 12.3. The first-order chi connectivity index (χ1) is 18.8. The maximum absolute atomic E-state index is 13.8. The van der Waals surface area contributed by atoms with Crippen molar-refractivity contribution in [3.63, 3.8) is 0 Å². The molecule has 200 valence electrons. The molecular weight excluding hydrogens is 558 g/mol. The highest BCUT2D eigenvalue weighted by Gasteiger charge is 2.30. The lowest BCUT2D eigenvalue weighted by Crippen LogP contribution is -2.50. The van der Waals surface area contributed by atoms with Crippen molar-refractivity contribution in [2.45, 2.75) is 32.0 Å². The fourth-order valence-electron chi connectivity index (χ4n) is 4.18. The molecule has 0 aromatic heterocycles. The molecule has 0 saturated carbocycles. The summed E-state index contributed by atoms with van der Waals surface area (Å²) in [6.45, 7) is 0.287. The zero-order valence-corrected chi connectivity index (χ0v) is 23.2. The Morgan fingerprint density at radius 3 is 2.08 bits per heavy atom. The second-order valence-corrected chi connectivity index (χ2v) is 10.4. The molecule has 0 unspecified atom stereocenters. The van der Waals surface area contributed by atoms with Crippen molar-refractivity contribution in [3.8, 4) is 0 Å². The van der Waals surface area contributed by atoms with Crippen LogP contribution in [-0.2, 0) is 35.5 Å². The summed E-state index contributed by atoms with van der Waals surface area (Å²) in [4.78, 5) is 29.1. The summed E-state index contributed by atoms with van der Waals surface area (Å²) >= 11 is 18.4. The molecule has 4 nitrogen and oxygen atoms in total. The normalized spacial score (nSPS) is 11.6. The minimum Gasteiger partial charge on any atom is -0.350 e. The molecule has 0 aliphatic carbocycles. The van der Waals surface area contributed by atoms with Crippen LogP contribution in [0.3, 0.4) is 0 Å². The van der Waals surface area contributed by atoms with Gasteiger partial charge in [0.1, 0.15) is 11.9 Å². The third-order valence-corrected chi connectivity index (χ3v) is 7.11. The van der Waals surface area contributed by atoms with Crippen molar-refractivity contribution in [3.05, 3.63) is 140 Å². The predicted molar refractivity (Wildman–Crippen MR) is 154 cm³/mol. The Hall–Kier alpha value is -3.38. The molecule has 0 fully saturated rings. The number of amides is 2. The highest BCUT2D eigenvalue weighted by atomic mass is 35.5. The van der Waals surface area contributed by atoms with Crippen LogP contribution >= 0.6 is 34.8 Å². The molecule has 0 spiro atoms. The first-order valence-corrected chi connectivity index (χ1v) is 13.5. The fraction of sp³-hybridized carbons (Fsp3) is 0.161. The highest BCUT2D eigenvalue weighted by molar-refractivity contribution is 6.35. The van der Waals surface area contributed by atoms with Gasteiger partial charge in [-0.2, -0.15) is 0 Å². The van der Waals surface area contributed by atoms with Crippen molar-refractivity contribution < 1.29 is 14.0 Å². The summed E-state index contributed by atoms with van der Waals surface area (Å²) in [6, 6.07) is 26.6. The summed E-state index contributed by atoms with van der Waals surface area (Å²) in [6.07, 6.45) is 0.356. The predicted octanol–water partition coefficient (Wildman–Crippen LogP) is 7.28. The molecule has 0 aliphatic rings. The van der Waals surface area contributed by atoms with Gasteiger partial charge >= 0.3 is 0 Å². The Bertz CT molecular complexity index is 1410. The molecule has 39 heavy (non-hydrogen) atoms. The summed E-state index contributed by atoms with van der Waals surface area (Å²) in [5.74, 6) is -0.963. The van der Waals surface area contributed by atoms with Crippen LogP contribution in [0.1, 0.15) is 22.3 Å². The highest BCUT2D eigenvalue weighted by Crippen LogP contribution is 2.22. The van der Waals surface area contributed by atoms with Gasteiger partial charge in [0.15, 0.2) is 0 Å². The number of hydrogen-bond donors (Lipinski definition) is 1. The van der Waals surface area contributed by atoms with E-state index in [4.69, 9.17) is 34.8 Å². The molecule has 0 saturated heterocycles. The Morgan fingerprint density at radius 2 is 1.41 bits per heavy atom. The van der Waals surface area contributed by atoms with Gasteiger partial charge in [0.25, 0.3) is 0 Å². The number of hydrogen-bond acceptors (Lipinski definition) is 2. The molecule has 0 radical (unpaired) electrons. The molecule has 0 aliphatic heterocycles. The molecule has 1 atom stereocenters. The van der Waals surface area contributed by atoms with Crippen LogP contribution in [0.15, 0.2) is 97.1 Å². The van der Waals surface area contributed by atoms with E-state index < -0.39 is 6.04 Å². The summed E-state index contributed by atoms with van der Waals surface area (Å²) < 4.78 is 13.6. The SMILES string of the molecule is O=C(NCc1ccc(Cl)cc1Cl)[C@H](Cc1ccccc1)N(Cc1ccc(F)cc1)C(=O)Cc1ccc(Cl)cc1. The van der Waals surface area contributed by atoms with E-state index in [1.54, 1.807) is 59.5 Å². The average Bonchev–Trinajstić information content (AvgIpc) is 2.93. The monoisotopic (exact) mass is 582 g/mol. The number of carbonyl (C=O) groups excluding carboxylic acids is 2. The van der Waals surface area contributed by atoms with Crippen LogP contribution in [0.4, 0.5) is 4.39 Å². The smallest absolute Gasteiger partial charge is 0.243 e. The van der Waals surface area contributed by atoms with Crippen LogP contribution in [0, 0.1) is 5.82 Å². The minimum absolute atomic E-state index is 0.0694. The number of nitrogens with zero attached hydrogens (tertiary/aromatic N) is 1. The largest absolute Gasteiger partial charge is 0.350 e. The van der Waals surface area contributed by atoms with Gasteiger partial charge in [-0.25, -0.2) is 4.39 Å². The quantitative estimate of drug-likeness (QED) is 0.213. The van der Waals surface area contributed by atoms with Gasteiger partial charge in [-0.3, -0.25) is 9.59 Å². The maximum atomic E-state index is 13.8. The van der Waals surface area contributed by atoms with E-state index in [1.807, 2.05) is 30.3 Å². The van der Waals surface area contributed by atoms with Gasteiger partial charge in [0.2, 0.25) is 11.8 Å². The molecule has 4 aromatic carbocycles. The van der Waals surface area contributed by atoms with Crippen molar-refractivity contribution in [2.24, 2.45) is 0 Å². The third kappa shape index (κ3) is 8.30. The second-order valence-electron chi connectivity index (χ2n) is 9.11. The van der Waals surface area contributed by atoms with Gasteiger partial charge in [-0.15, -0.1) is 0 Å². The number of rotatable bonds is 10. The molecule has 0 bridgehead atoms. The Morgan fingerprint density at radius 1 is 0.769 bits per heavy atom. The van der Waals surface area contributed by atoms with Crippen LogP contribution < -0.4 is 5.32 Å². The summed E-state index contributed by atoms with van der Waals surface area (Å²) in [5, 5.41) is 4.44. The zero-order valence-electron chi connectivity index (χ0n) is 20.9. The van der Waals surface area contributed by atoms with Crippen molar-refractivity contribution in [1.29, 1.82) is 0 Å². The van der Waals surface area contributed by atoms with Gasteiger partial charge in [0.05, 0.1) is 6.42 Å². The lowest BCUT2D eigenvalue weighted by Gasteiger charge is -2.32. The van der Waals surface area contributed by atoms with Crippen LogP contribution in [0.5, 0.6) is 0 Å². The lowest BCUT2D eigenvalue weighted by atomic mass is 10.0. The molecular formula is C31H26Cl3FN2O2. The molecule has 8 heteroatoms. The zero-order chi connectivity index (χ0) is 27.8.